The van der Waals surface area contributed by atoms with E-state index < -0.39 is 77.4 Å². The van der Waals surface area contributed by atoms with Crippen molar-refractivity contribution in [1.82, 2.24) is 9.55 Å². The van der Waals surface area contributed by atoms with Crippen molar-refractivity contribution in [2.24, 2.45) is 5.73 Å². The van der Waals surface area contributed by atoms with Crippen molar-refractivity contribution in [3.63, 3.8) is 0 Å². The predicted molar refractivity (Wildman–Crippen MR) is 148 cm³/mol. The normalized spacial score (nSPS) is 21.7. The maximum Gasteiger partial charge on any atom is 0.490 e. The number of H-pyrrole nitrogens is 1. The molecule has 1 aliphatic heterocycles. The summed E-state index contributed by atoms with van der Waals surface area (Å²) in [5.74, 6) is 5.27. The lowest BCUT2D eigenvalue weighted by Crippen LogP contribution is -2.34. The van der Waals surface area contributed by atoms with Gasteiger partial charge in [-0.25, -0.2) is 18.5 Å². The lowest BCUT2D eigenvalue weighted by molar-refractivity contribution is -0.386. The maximum absolute atomic E-state index is 12.5. The summed E-state index contributed by atoms with van der Waals surface area (Å²) in [7, 11) is -16.9. The van der Waals surface area contributed by atoms with Gasteiger partial charge in [0.25, 0.3) is 11.2 Å². The minimum Gasteiger partial charge on any atom is -0.390 e. The smallest absolute Gasteiger partial charge is 0.390 e. The highest BCUT2D eigenvalue weighted by Gasteiger charge is 2.43. The second-order valence-electron chi connectivity index (χ2n) is 9.13. The van der Waals surface area contributed by atoms with E-state index in [-0.39, 0.29) is 29.8 Å². The number of phosphoric ester groups is 1. The summed E-state index contributed by atoms with van der Waals surface area (Å²) in [6.07, 6.45) is -4.37. The van der Waals surface area contributed by atoms with E-state index in [9.17, 15) is 48.3 Å². The zero-order chi connectivity index (χ0) is 33.7. The van der Waals surface area contributed by atoms with E-state index in [2.05, 4.69) is 25.0 Å². The molecule has 24 heteroatoms. The second kappa shape index (κ2) is 14.7. The maximum atomic E-state index is 12.5. The van der Waals surface area contributed by atoms with Crippen molar-refractivity contribution in [2.45, 2.75) is 44.5 Å². The SMILES string of the molecule is CC(OCc1cn([C@H]2C[C@H](O)[C@@H](COP(=O)(O)OP(=O)(O)OP(=O)(O)O)O2)c(=O)[nH]c1=O)c1ccc(C#CCN)cc1[N+](=O)[O-]. The van der Waals surface area contributed by atoms with Crippen molar-refractivity contribution in [3.8, 4) is 11.8 Å². The predicted octanol–water partition coefficient (Wildman–Crippen LogP) is 0.0245. The summed E-state index contributed by atoms with van der Waals surface area (Å²) in [5.41, 5.74) is 3.61. The van der Waals surface area contributed by atoms with Gasteiger partial charge in [-0.3, -0.25) is 29.0 Å². The summed E-state index contributed by atoms with van der Waals surface area (Å²) >= 11 is 0. The van der Waals surface area contributed by atoms with Crippen LogP contribution in [0.5, 0.6) is 0 Å². The number of aromatic amines is 1. The molecular formula is C21H27N4O17P3. The number of nitro groups is 1. The number of nitrogens with zero attached hydrogens (tertiary/aromatic N) is 2. The van der Waals surface area contributed by atoms with Crippen LogP contribution in [0.1, 0.15) is 42.4 Å². The first-order valence-corrected chi connectivity index (χ1v) is 16.9. The molecular weight excluding hydrogens is 673 g/mol. The minimum absolute atomic E-state index is 0.0549. The Morgan fingerprint density at radius 1 is 1.20 bits per heavy atom. The highest BCUT2D eigenvalue weighted by Crippen LogP contribution is 2.66. The Bertz CT molecular complexity index is 1740. The molecule has 2 aromatic rings. The highest BCUT2D eigenvalue weighted by molar-refractivity contribution is 7.66. The fourth-order valence-electron chi connectivity index (χ4n) is 3.93. The van der Waals surface area contributed by atoms with Crippen LogP contribution in [-0.4, -0.2) is 64.5 Å². The van der Waals surface area contributed by atoms with Crippen LogP contribution in [-0.2, 0) is 42.9 Å². The Balaban J connectivity index is 1.70. The molecule has 0 radical (unpaired) electrons. The molecule has 1 aliphatic rings. The molecule has 0 spiro atoms. The molecule has 6 atom stereocenters. The van der Waals surface area contributed by atoms with Crippen LogP contribution in [0, 0.1) is 22.0 Å². The first kappa shape index (κ1) is 36.6. The topological polar surface area (TPSA) is 323 Å². The lowest BCUT2D eigenvalue weighted by atomic mass is 10.1. The molecule has 1 saturated heterocycles. The van der Waals surface area contributed by atoms with Crippen LogP contribution in [0.25, 0.3) is 0 Å². The van der Waals surface area contributed by atoms with Crippen LogP contribution in [0.3, 0.4) is 0 Å². The van der Waals surface area contributed by atoms with Crippen molar-refractivity contribution in [3.05, 3.63) is 72.0 Å². The van der Waals surface area contributed by atoms with Gasteiger partial charge in [-0.2, -0.15) is 8.62 Å². The third kappa shape index (κ3) is 10.6. The first-order valence-electron chi connectivity index (χ1n) is 12.4. The molecule has 0 bridgehead atoms. The van der Waals surface area contributed by atoms with Gasteiger partial charge in [0.05, 0.1) is 48.0 Å². The standard InChI is InChI=1S/C21H27N4O17P3/c1-12(15-5-4-13(3-2-6-22)7-16(15)25(29)30)38-10-14-9-24(21(28)23-20(14)27)19-8-17(26)18(40-19)11-39-44(34,35)42-45(36,37)41-43(31,32)33/h4-5,7,9,12,17-19,26H,6,8,10-11,22H2,1H3,(H,34,35)(H,36,37)(H,23,27,28)(H2,31,32,33)/t12?,17-,18+,19+/m0/s1. The molecule has 1 aromatic carbocycles. The Hall–Kier alpha value is -2.89. The Kier molecular flexibility index (Phi) is 11.9. The van der Waals surface area contributed by atoms with Gasteiger partial charge in [-0.15, -0.1) is 0 Å². The Morgan fingerprint density at radius 2 is 1.89 bits per heavy atom. The third-order valence-electron chi connectivity index (χ3n) is 5.86. The Morgan fingerprint density at radius 3 is 2.51 bits per heavy atom. The first-order chi connectivity index (χ1) is 20.8. The van der Waals surface area contributed by atoms with Crippen molar-refractivity contribution in [2.75, 3.05) is 13.2 Å². The molecule has 0 saturated carbocycles. The number of aliphatic hydroxyl groups is 1. The lowest BCUT2D eigenvalue weighted by Gasteiger charge is -2.19. The van der Waals surface area contributed by atoms with E-state index in [0.29, 0.717) is 5.56 Å². The largest absolute Gasteiger partial charge is 0.490 e. The van der Waals surface area contributed by atoms with Gasteiger partial charge in [0, 0.05) is 24.2 Å². The summed E-state index contributed by atoms with van der Waals surface area (Å²) in [5, 5.41) is 21.9. The van der Waals surface area contributed by atoms with Gasteiger partial charge < -0.3 is 39.9 Å². The van der Waals surface area contributed by atoms with E-state index in [1.807, 2.05) is 4.98 Å². The monoisotopic (exact) mass is 700 g/mol. The number of aromatic nitrogens is 2. The van der Waals surface area contributed by atoms with E-state index in [1.165, 1.54) is 25.1 Å². The fourth-order valence-corrected chi connectivity index (χ4v) is 6.96. The number of phosphoric acid groups is 3. The number of nitro benzene ring substituents is 1. The quantitative estimate of drug-likeness (QED) is 0.0627. The number of nitrogens with one attached hydrogen (secondary N) is 1. The van der Waals surface area contributed by atoms with Crippen LogP contribution in [0.15, 0.2) is 34.0 Å². The molecule has 8 N–H and O–H groups in total. The zero-order valence-electron chi connectivity index (χ0n) is 22.9. The summed E-state index contributed by atoms with van der Waals surface area (Å²) in [6.45, 7) is 0.130. The van der Waals surface area contributed by atoms with Crippen molar-refractivity contribution >= 4 is 29.2 Å². The number of ether oxygens (including phenoxy) is 2. The number of hydrogen-bond acceptors (Lipinski definition) is 14. The molecule has 248 valence electrons. The number of hydrogen-bond donors (Lipinski definition) is 7. The number of benzene rings is 1. The van der Waals surface area contributed by atoms with Crippen LogP contribution in [0.2, 0.25) is 0 Å². The van der Waals surface area contributed by atoms with Crippen molar-refractivity contribution < 1.29 is 65.9 Å². The van der Waals surface area contributed by atoms with Crippen LogP contribution < -0.4 is 17.0 Å². The van der Waals surface area contributed by atoms with E-state index in [0.717, 1.165) is 10.8 Å². The molecule has 3 unspecified atom stereocenters. The van der Waals surface area contributed by atoms with Crippen molar-refractivity contribution in [1.29, 1.82) is 0 Å². The summed E-state index contributed by atoms with van der Waals surface area (Å²) < 4.78 is 57.8. The second-order valence-corrected chi connectivity index (χ2v) is 13.5. The van der Waals surface area contributed by atoms with E-state index in [4.69, 9.17) is 25.0 Å². The number of rotatable bonds is 13. The average Bonchev–Trinajstić information content (AvgIpc) is 3.27. The summed E-state index contributed by atoms with van der Waals surface area (Å²) in [4.78, 5) is 74.0. The van der Waals surface area contributed by atoms with E-state index in [1.54, 1.807) is 0 Å². The highest BCUT2D eigenvalue weighted by atomic mass is 31.3. The van der Waals surface area contributed by atoms with Crippen LogP contribution in [0.4, 0.5) is 5.69 Å². The fraction of sp³-hybridized carbons (Fsp3) is 0.429. The van der Waals surface area contributed by atoms with Gasteiger partial charge in [-0.05, 0) is 19.1 Å². The summed E-state index contributed by atoms with van der Waals surface area (Å²) in [6, 6.07) is 4.21. The molecule has 2 heterocycles. The molecule has 1 aromatic heterocycles. The van der Waals surface area contributed by atoms with Crippen LogP contribution >= 0.6 is 23.5 Å². The molecule has 0 aliphatic carbocycles. The van der Waals surface area contributed by atoms with Gasteiger partial charge in [0.1, 0.15) is 12.3 Å². The molecule has 1 fully saturated rings. The number of nitrogens with two attached hydrogens (primary N) is 1. The zero-order valence-corrected chi connectivity index (χ0v) is 25.6. The molecule has 0 amide bonds. The molecule has 21 nitrogen and oxygen atoms in total. The van der Waals surface area contributed by atoms with Gasteiger partial charge >= 0.3 is 29.2 Å². The van der Waals surface area contributed by atoms with Gasteiger partial charge in [0.2, 0.25) is 0 Å². The Labute approximate surface area is 252 Å². The average molecular weight is 700 g/mol. The van der Waals surface area contributed by atoms with E-state index >= 15 is 0 Å². The van der Waals surface area contributed by atoms with Gasteiger partial charge in [-0.1, -0.05) is 11.8 Å². The molecule has 3 rings (SSSR count). The number of aliphatic hydroxyl groups excluding tert-OH is 1. The van der Waals surface area contributed by atoms with Gasteiger partial charge in [0.15, 0.2) is 0 Å². The third-order valence-corrected chi connectivity index (χ3v) is 9.67. The minimum atomic E-state index is -5.78. The molecule has 45 heavy (non-hydrogen) atoms.